The van der Waals surface area contributed by atoms with E-state index in [9.17, 15) is 4.79 Å². The molecule has 0 saturated carbocycles. The van der Waals surface area contributed by atoms with Gasteiger partial charge in [0.1, 0.15) is 5.78 Å². The Labute approximate surface area is 67.9 Å². The summed E-state index contributed by atoms with van der Waals surface area (Å²) in [6, 6.07) is -0.0802. The zero-order valence-electron chi connectivity index (χ0n) is 6.72. The molecule has 0 aliphatic heterocycles. The SMILES string of the molecule is CC(=O)[C@@H](CC(C)C)NS. The Morgan fingerprint density at radius 3 is 2.20 bits per heavy atom. The minimum atomic E-state index is -0.0802. The van der Waals surface area contributed by atoms with Crippen molar-refractivity contribution in [2.45, 2.75) is 33.2 Å². The topological polar surface area (TPSA) is 29.1 Å². The molecule has 0 bridgehead atoms. The van der Waals surface area contributed by atoms with E-state index in [1.807, 2.05) is 0 Å². The Balaban J connectivity index is 3.72. The normalized spacial score (nSPS) is 13.7. The van der Waals surface area contributed by atoms with Gasteiger partial charge in [-0.15, -0.1) is 0 Å². The van der Waals surface area contributed by atoms with E-state index in [4.69, 9.17) is 0 Å². The van der Waals surface area contributed by atoms with Crippen LogP contribution in [0.25, 0.3) is 0 Å². The van der Waals surface area contributed by atoms with Crippen molar-refractivity contribution in [3.05, 3.63) is 0 Å². The molecule has 0 spiro atoms. The maximum Gasteiger partial charge on any atom is 0.147 e. The minimum Gasteiger partial charge on any atom is -0.298 e. The van der Waals surface area contributed by atoms with Crippen molar-refractivity contribution in [2.75, 3.05) is 0 Å². The van der Waals surface area contributed by atoms with Gasteiger partial charge in [-0.3, -0.25) is 9.52 Å². The molecule has 1 N–H and O–H groups in total. The standard InChI is InChI=1S/C7H15NOS/c1-5(2)4-7(8-10)6(3)9/h5,7-8,10H,4H2,1-3H3/t7-/m1/s1. The molecule has 0 fully saturated rings. The molecule has 1 atom stereocenters. The van der Waals surface area contributed by atoms with Crippen LogP contribution in [-0.2, 0) is 4.79 Å². The molecule has 2 nitrogen and oxygen atoms in total. The molecule has 0 unspecified atom stereocenters. The van der Waals surface area contributed by atoms with Gasteiger partial charge in [-0.05, 0) is 19.3 Å². The second-order valence-corrected chi connectivity index (χ2v) is 3.18. The third kappa shape index (κ3) is 3.90. The monoisotopic (exact) mass is 161 g/mol. The zero-order valence-corrected chi connectivity index (χ0v) is 7.61. The number of hydrogen-bond acceptors (Lipinski definition) is 3. The van der Waals surface area contributed by atoms with Gasteiger partial charge in [-0.25, -0.2) is 0 Å². The van der Waals surface area contributed by atoms with Crippen molar-refractivity contribution in [3.63, 3.8) is 0 Å². The smallest absolute Gasteiger partial charge is 0.147 e. The fraction of sp³-hybridized carbons (Fsp3) is 0.857. The number of carbonyl (C=O) groups is 1. The van der Waals surface area contributed by atoms with Crippen LogP contribution in [0, 0.1) is 5.92 Å². The van der Waals surface area contributed by atoms with Crippen molar-refractivity contribution in [1.29, 1.82) is 0 Å². The van der Waals surface area contributed by atoms with Crippen LogP contribution in [-0.4, -0.2) is 11.8 Å². The lowest BCUT2D eigenvalue weighted by atomic mass is 10.0. The lowest BCUT2D eigenvalue weighted by Crippen LogP contribution is -2.30. The van der Waals surface area contributed by atoms with E-state index >= 15 is 0 Å². The number of rotatable bonds is 4. The van der Waals surface area contributed by atoms with Crippen LogP contribution in [0.15, 0.2) is 0 Å². The highest BCUT2D eigenvalue weighted by molar-refractivity contribution is 7.78. The molecule has 0 aromatic rings. The Kier molecular flexibility index (Phi) is 4.73. The molecular weight excluding hydrogens is 146 g/mol. The van der Waals surface area contributed by atoms with Crippen LogP contribution in [0.5, 0.6) is 0 Å². The number of hydrogen-bond donors (Lipinski definition) is 2. The minimum absolute atomic E-state index is 0.0802. The Morgan fingerprint density at radius 1 is 1.60 bits per heavy atom. The number of thiol groups is 1. The first kappa shape index (κ1) is 9.98. The van der Waals surface area contributed by atoms with Crippen LogP contribution in [0.1, 0.15) is 27.2 Å². The largest absolute Gasteiger partial charge is 0.298 e. The first-order valence-electron chi connectivity index (χ1n) is 3.48. The van der Waals surface area contributed by atoms with Gasteiger partial charge in [0, 0.05) is 0 Å². The molecule has 0 amide bonds. The summed E-state index contributed by atoms with van der Waals surface area (Å²) in [5.41, 5.74) is 0. The number of ketones is 1. The Morgan fingerprint density at radius 2 is 2.10 bits per heavy atom. The van der Waals surface area contributed by atoms with Crippen molar-refractivity contribution < 1.29 is 4.79 Å². The van der Waals surface area contributed by atoms with Gasteiger partial charge in [0.05, 0.1) is 6.04 Å². The molecule has 0 heterocycles. The van der Waals surface area contributed by atoms with Gasteiger partial charge in [0.2, 0.25) is 0 Å². The predicted octanol–water partition coefficient (Wildman–Crippen LogP) is 1.42. The van der Waals surface area contributed by atoms with E-state index < -0.39 is 0 Å². The fourth-order valence-corrected chi connectivity index (χ4v) is 1.07. The molecule has 60 valence electrons. The molecule has 0 radical (unpaired) electrons. The van der Waals surface area contributed by atoms with Gasteiger partial charge < -0.3 is 0 Å². The van der Waals surface area contributed by atoms with Crippen LogP contribution >= 0.6 is 12.8 Å². The third-order valence-corrected chi connectivity index (χ3v) is 1.67. The highest BCUT2D eigenvalue weighted by atomic mass is 32.1. The molecule has 0 saturated heterocycles. The molecule has 0 aliphatic rings. The van der Waals surface area contributed by atoms with Crippen molar-refractivity contribution in [1.82, 2.24) is 4.72 Å². The quantitative estimate of drug-likeness (QED) is 0.611. The van der Waals surface area contributed by atoms with Crippen molar-refractivity contribution >= 4 is 18.6 Å². The summed E-state index contributed by atoms with van der Waals surface area (Å²) in [6.45, 7) is 5.75. The number of Topliss-reactive ketones (excluding diaryl/α,β-unsaturated/α-hetero) is 1. The number of nitrogens with one attached hydrogen (secondary N) is 1. The van der Waals surface area contributed by atoms with Gasteiger partial charge in [-0.1, -0.05) is 26.7 Å². The first-order valence-corrected chi connectivity index (χ1v) is 3.92. The maximum atomic E-state index is 10.8. The zero-order chi connectivity index (χ0) is 8.15. The molecular formula is C7H15NOS. The van der Waals surface area contributed by atoms with E-state index in [1.165, 1.54) is 0 Å². The van der Waals surface area contributed by atoms with Gasteiger partial charge >= 0.3 is 0 Å². The van der Waals surface area contributed by atoms with Crippen LogP contribution in [0.3, 0.4) is 0 Å². The molecule has 0 rings (SSSR count). The summed E-state index contributed by atoms with van der Waals surface area (Å²) in [6.07, 6.45) is 0.860. The lowest BCUT2D eigenvalue weighted by molar-refractivity contribution is -0.118. The highest BCUT2D eigenvalue weighted by Gasteiger charge is 2.12. The second kappa shape index (κ2) is 4.74. The third-order valence-electron chi connectivity index (χ3n) is 1.35. The summed E-state index contributed by atoms with van der Waals surface area (Å²) in [4.78, 5) is 10.8. The van der Waals surface area contributed by atoms with Gasteiger partial charge in [-0.2, -0.15) is 0 Å². The average Bonchev–Trinajstić information content (AvgIpc) is 1.81. The first-order chi connectivity index (χ1) is 4.57. The van der Waals surface area contributed by atoms with E-state index in [0.29, 0.717) is 5.92 Å². The van der Waals surface area contributed by atoms with Crippen LogP contribution < -0.4 is 4.72 Å². The Hall–Kier alpha value is -0.0200. The van der Waals surface area contributed by atoms with Gasteiger partial charge in [0.15, 0.2) is 0 Å². The molecule has 0 aliphatic carbocycles. The summed E-state index contributed by atoms with van der Waals surface area (Å²) in [7, 11) is 0. The summed E-state index contributed by atoms with van der Waals surface area (Å²) >= 11 is 3.86. The average molecular weight is 161 g/mol. The van der Waals surface area contributed by atoms with Crippen molar-refractivity contribution in [3.8, 4) is 0 Å². The number of carbonyl (C=O) groups excluding carboxylic acids is 1. The fourth-order valence-electron chi connectivity index (χ4n) is 0.781. The summed E-state index contributed by atoms with van der Waals surface area (Å²) < 4.78 is 2.68. The molecule has 3 heteroatoms. The van der Waals surface area contributed by atoms with Crippen molar-refractivity contribution in [2.24, 2.45) is 5.92 Å². The van der Waals surface area contributed by atoms with Crippen LogP contribution in [0.2, 0.25) is 0 Å². The van der Waals surface area contributed by atoms with Gasteiger partial charge in [0.25, 0.3) is 0 Å². The molecule has 0 aromatic heterocycles. The Bertz CT molecular complexity index is 114. The second-order valence-electron chi connectivity index (χ2n) is 2.92. The van der Waals surface area contributed by atoms with E-state index in [0.717, 1.165) is 6.42 Å². The molecule has 0 aromatic carbocycles. The summed E-state index contributed by atoms with van der Waals surface area (Å²) in [5.74, 6) is 0.692. The lowest BCUT2D eigenvalue weighted by Gasteiger charge is -2.13. The van der Waals surface area contributed by atoms with E-state index in [2.05, 4.69) is 31.4 Å². The molecule has 10 heavy (non-hydrogen) atoms. The predicted molar refractivity (Wildman–Crippen MR) is 46.0 cm³/mol. The van der Waals surface area contributed by atoms with E-state index in [1.54, 1.807) is 6.92 Å². The van der Waals surface area contributed by atoms with Crippen LogP contribution in [0.4, 0.5) is 0 Å². The maximum absolute atomic E-state index is 10.8. The summed E-state index contributed by atoms with van der Waals surface area (Å²) in [5, 5.41) is 0. The van der Waals surface area contributed by atoms with E-state index in [-0.39, 0.29) is 11.8 Å². The highest BCUT2D eigenvalue weighted by Crippen LogP contribution is 2.05.